The van der Waals surface area contributed by atoms with Gasteiger partial charge in [0.25, 0.3) is 0 Å². The van der Waals surface area contributed by atoms with E-state index in [9.17, 15) is 0 Å². The number of anilines is 1. The summed E-state index contributed by atoms with van der Waals surface area (Å²) in [6.45, 7) is 5.82. The fraction of sp³-hybridized carbons (Fsp3) is 0.167. The highest BCUT2D eigenvalue weighted by atomic mass is 16.5. The van der Waals surface area contributed by atoms with Crippen molar-refractivity contribution in [2.24, 2.45) is 0 Å². The number of hydrogen-bond acceptors (Lipinski definition) is 2. The van der Waals surface area contributed by atoms with E-state index >= 15 is 0 Å². The molecule has 1 heterocycles. The van der Waals surface area contributed by atoms with Crippen molar-refractivity contribution in [3.8, 4) is 5.75 Å². The van der Waals surface area contributed by atoms with Crippen molar-refractivity contribution in [3.05, 3.63) is 48.4 Å². The van der Waals surface area contributed by atoms with Crippen molar-refractivity contribution in [1.29, 1.82) is 0 Å². The number of benzene rings is 1. The van der Waals surface area contributed by atoms with Gasteiger partial charge in [0.05, 0.1) is 11.4 Å². The van der Waals surface area contributed by atoms with Gasteiger partial charge in [0.1, 0.15) is 11.5 Å². The van der Waals surface area contributed by atoms with Gasteiger partial charge in [0.15, 0.2) is 0 Å². The van der Waals surface area contributed by atoms with Crippen LogP contribution in [0.2, 0.25) is 0 Å². The number of fused-ring (bicyclic) bond motifs is 1. The summed E-state index contributed by atoms with van der Waals surface area (Å²) >= 11 is 0. The van der Waals surface area contributed by atoms with E-state index in [1.165, 1.54) is 0 Å². The van der Waals surface area contributed by atoms with Gasteiger partial charge in [-0.1, -0.05) is 25.6 Å². The summed E-state index contributed by atoms with van der Waals surface area (Å²) in [6, 6.07) is 7.89. The summed E-state index contributed by atoms with van der Waals surface area (Å²) in [5, 5.41) is 3.28. The molecule has 0 spiro atoms. The minimum absolute atomic E-state index is 0.864. The normalized spacial score (nSPS) is 14.1. The maximum Gasteiger partial charge on any atom is 0.150 e. The van der Waals surface area contributed by atoms with Crippen molar-refractivity contribution < 1.29 is 4.74 Å². The lowest BCUT2D eigenvalue weighted by molar-refractivity contribution is 0.400. The van der Waals surface area contributed by atoms with Crippen LogP contribution >= 0.6 is 0 Å². The third kappa shape index (κ3) is 1.39. The maximum atomic E-state index is 5.73. The summed E-state index contributed by atoms with van der Waals surface area (Å²) < 4.78 is 5.73. The van der Waals surface area contributed by atoms with Crippen LogP contribution in [-0.4, -0.2) is 0 Å². The molecule has 1 N–H and O–H groups in total. The molecular weight excluding hydrogens is 174 g/mol. The van der Waals surface area contributed by atoms with Crippen LogP contribution in [0.1, 0.15) is 13.3 Å². The van der Waals surface area contributed by atoms with E-state index in [1.807, 2.05) is 24.3 Å². The Morgan fingerprint density at radius 3 is 2.93 bits per heavy atom. The second-order valence-corrected chi connectivity index (χ2v) is 3.12. The summed E-state index contributed by atoms with van der Waals surface area (Å²) in [5.41, 5.74) is 1.96. The van der Waals surface area contributed by atoms with Gasteiger partial charge in [0, 0.05) is 6.42 Å². The molecule has 0 amide bonds. The minimum Gasteiger partial charge on any atom is -0.457 e. The molecule has 72 valence electrons. The Labute approximate surface area is 83.9 Å². The van der Waals surface area contributed by atoms with Crippen molar-refractivity contribution in [1.82, 2.24) is 0 Å². The van der Waals surface area contributed by atoms with Gasteiger partial charge in [-0.2, -0.15) is 0 Å². The van der Waals surface area contributed by atoms with E-state index in [-0.39, 0.29) is 0 Å². The number of nitrogens with one attached hydrogen (secondary N) is 1. The largest absolute Gasteiger partial charge is 0.457 e. The van der Waals surface area contributed by atoms with Crippen molar-refractivity contribution in [3.63, 3.8) is 0 Å². The van der Waals surface area contributed by atoms with E-state index in [0.29, 0.717) is 0 Å². The Morgan fingerprint density at radius 2 is 2.21 bits per heavy atom. The highest BCUT2D eigenvalue weighted by Gasteiger charge is 2.14. The Morgan fingerprint density at radius 1 is 1.43 bits per heavy atom. The van der Waals surface area contributed by atoms with Gasteiger partial charge in [-0.25, -0.2) is 0 Å². The second kappa shape index (κ2) is 3.58. The van der Waals surface area contributed by atoms with Crippen LogP contribution in [0.5, 0.6) is 5.75 Å². The van der Waals surface area contributed by atoms with Crippen LogP contribution in [0.25, 0.3) is 0 Å². The standard InChI is InChI=1S/C12H13NO/c1-3-9-11(4-2)14-12-8-6-5-7-10(12)13-9/h3,5-8,13H,1,4H2,2H3. The molecule has 0 fully saturated rings. The molecule has 0 saturated carbocycles. The molecule has 0 saturated heterocycles. The first kappa shape index (κ1) is 8.88. The molecule has 0 atom stereocenters. The molecule has 1 aromatic carbocycles. The van der Waals surface area contributed by atoms with E-state index in [2.05, 4.69) is 18.8 Å². The number of ether oxygens (including phenoxy) is 1. The molecule has 2 heteroatoms. The molecule has 0 unspecified atom stereocenters. The fourth-order valence-electron chi connectivity index (χ4n) is 1.49. The molecule has 0 radical (unpaired) electrons. The summed E-state index contributed by atoms with van der Waals surface area (Å²) in [6.07, 6.45) is 2.65. The molecule has 1 aliphatic rings. The van der Waals surface area contributed by atoms with Crippen molar-refractivity contribution in [2.75, 3.05) is 5.32 Å². The Bertz CT molecular complexity index is 393. The van der Waals surface area contributed by atoms with E-state index in [0.717, 1.165) is 29.3 Å². The zero-order valence-corrected chi connectivity index (χ0v) is 8.21. The molecule has 0 aliphatic carbocycles. The minimum atomic E-state index is 0.864. The van der Waals surface area contributed by atoms with E-state index < -0.39 is 0 Å². The van der Waals surface area contributed by atoms with Crippen LogP contribution in [0.15, 0.2) is 48.4 Å². The van der Waals surface area contributed by atoms with Gasteiger partial charge < -0.3 is 10.1 Å². The highest BCUT2D eigenvalue weighted by molar-refractivity contribution is 5.63. The maximum absolute atomic E-state index is 5.73. The number of allylic oxidation sites excluding steroid dienone is 2. The zero-order chi connectivity index (χ0) is 9.97. The van der Waals surface area contributed by atoms with E-state index in [1.54, 1.807) is 6.08 Å². The van der Waals surface area contributed by atoms with Crippen LogP contribution in [0.4, 0.5) is 5.69 Å². The average molecular weight is 187 g/mol. The quantitative estimate of drug-likeness (QED) is 0.767. The molecule has 14 heavy (non-hydrogen) atoms. The van der Waals surface area contributed by atoms with Gasteiger partial charge in [-0.3, -0.25) is 0 Å². The van der Waals surface area contributed by atoms with Gasteiger partial charge in [0.2, 0.25) is 0 Å². The Balaban J connectivity index is 2.40. The first-order valence-corrected chi connectivity index (χ1v) is 4.74. The van der Waals surface area contributed by atoms with Crippen molar-refractivity contribution >= 4 is 5.69 Å². The molecular formula is C12H13NO. The number of para-hydroxylation sites is 2. The second-order valence-electron chi connectivity index (χ2n) is 3.12. The highest BCUT2D eigenvalue weighted by Crippen LogP contribution is 2.33. The third-order valence-electron chi connectivity index (χ3n) is 2.22. The summed E-state index contributed by atoms with van der Waals surface area (Å²) in [7, 11) is 0. The first-order valence-electron chi connectivity index (χ1n) is 4.74. The van der Waals surface area contributed by atoms with Gasteiger partial charge >= 0.3 is 0 Å². The lowest BCUT2D eigenvalue weighted by Crippen LogP contribution is -2.12. The van der Waals surface area contributed by atoms with Crippen molar-refractivity contribution in [2.45, 2.75) is 13.3 Å². The Hall–Kier alpha value is -1.70. The zero-order valence-electron chi connectivity index (χ0n) is 8.21. The molecule has 2 nitrogen and oxygen atoms in total. The first-order chi connectivity index (χ1) is 6.85. The predicted octanol–water partition coefficient (Wildman–Crippen LogP) is 3.30. The smallest absolute Gasteiger partial charge is 0.150 e. The SMILES string of the molecule is C=CC1=C(CC)Oc2ccccc2N1. The molecule has 0 aromatic heterocycles. The van der Waals surface area contributed by atoms with Crippen LogP contribution < -0.4 is 10.1 Å². The monoisotopic (exact) mass is 187 g/mol. The molecule has 1 aromatic rings. The van der Waals surface area contributed by atoms with Crippen LogP contribution in [0, 0.1) is 0 Å². The summed E-state index contributed by atoms with van der Waals surface area (Å²) in [4.78, 5) is 0. The lowest BCUT2D eigenvalue weighted by atomic mass is 10.2. The number of hydrogen-bond donors (Lipinski definition) is 1. The van der Waals surface area contributed by atoms with E-state index in [4.69, 9.17) is 4.74 Å². The molecule has 0 bridgehead atoms. The van der Waals surface area contributed by atoms with Crippen LogP contribution in [-0.2, 0) is 0 Å². The fourth-order valence-corrected chi connectivity index (χ4v) is 1.49. The average Bonchev–Trinajstić information content (AvgIpc) is 2.27. The topological polar surface area (TPSA) is 21.3 Å². The molecule has 2 rings (SSSR count). The predicted molar refractivity (Wildman–Crippen MR) is 58.2 cm³/mol. The summed E-state index contributed by atoms with van der Waals surface area (Å²) in [5.74, 6) is 1.83. The third-order valence-corrected chi connectivity index (χ3v) is 2.22. The number of rotatable bonds is 2. The Kier molecular flexibility index (Phi) is 2.27. The van der Waals surface area contributed by atoms with Gasteiger partial charge in [-0.15, -0.1) is 0 Å². The lowest BCUT2D eigenvalue weighted by Gasteiger charge is -2.22. The molecule has 1 aliphatic heterocycles. The van der Waals surface area contributed by atoms with Gasteiger partial charge in [-0.05, 0) is 18.2 Å². The van der Waals surface area contributed by atoms with Crippen LogP contribution in [0.3, 0.4) is 0 Å².